The molecule has 0 saturated heterocycles. The molecule has 0 spiro atoms. The van der Waals surface area contributed by atoms with Crippen molar-refractivity contribution in [2.45, 2.75) is 18.4 Å². The highest BCUT2D eigenvalue weighted by molar-refractivity contribution is 7.89. The fraction of sp³-hybridized carbons (Fsp3) is 0.130. The number of hydrogen-bond acceptors (Lipinski definition) is 4. The van der Waals surface area contributed by atoms with Crippen LogP contribution in [-0.2, 0) is 21.4 Å². The van der Waals surface area contributed by atoms with Crippen molar-refractivity contribution >= 4 is 22.1 Å². The van der Waals surface area contributed by atoms with Crippen molar-refractivity contribution in [1.82, 2.24) is 9.73 Å². The number of nitrogens with zero attached hydrogens (tertiary/aromatic N) is 2. The van der Waals surface area contributed by atoms with E-state index in [9.17, 15) is 17.6 Å². The number of hydrogen-bond donors (Lipinski definition) is 1. The first-order chi connectivity index (χ1) is 14.9. The van der Waals surface area contributed by atoms with Crippen LogP contribution in [0.5, 0.6) is 0 Å². The van der Waals surface area contributed by atoms with E-state index in [2.05, 4.69) is 10.5 Å². The van der Waals surface area contributed by atoms with Gasteiger partial charge in [0.2, 0.25) is 10.0 Å². The molecule has 0 bridgehead atoms. The standard InChI is InChI=1S/C23H22FN3O3S/c1-18-11-13-21(14-12-18)31(29,30)27(16-19-7-3-2-4-8-19)17-23(28)26-25-15-20-9-5-6-10-22(20)24/h2-15H,16-17H2,1H3,(H,26,28)/b25-15-. The molecular formula is C23H22FN3O3S. The number of hydrazone groups is 1. The summed E-state index contributed by atoms with van der Waals surface area (Å²) in [5.41, 5.74) is 4.13. The minimum atomic E-state index is -3.93. The fourth-order valence-electron chi connectivity index (χ4n) is 2.82. The van der Waals surface area contributed by atoms with Crippen LogP contribution in [-0.4, -0.2) is 31.4 Å². The predicted octanol–water partition coefficient (Wildman–Crippen LogP) is 3.48. The van der Waals surface area contributed by atoms with E-state index < -0.39 is 28.3 Å². The van der Waals surface area contributed by atoms with Crippen molar-refractivity contribution in [3.05, 3.63) is 101 Å². The second-order valence-corrected chi connectivity index (χ2v) is 8.82. The molecular weight excluding hydrogens is 417 g/mol. The van der Waals surface area contributed by atoms with Crippen molar-refractivity contribution in [2.24, 2.45) is 5.10 Å². The third-order valence-electron chi connectivity index (χ3n) is 4.48. The van der Waals surface area contributed by atoms with E-state index in [1.807, 2.05) is 13.0 Å². The maximum Gasteiger partial charge on any atom is 0.255 e. The Hall–Kier alpha value is -3.36. The molecule has 1 amide bonds. The lowest BCUT2D eigenvalue weighted by molar-refractivity contribution is -0.121. The second kappa shape index (κ2) is 10.1. The molecule has 0 radical (unpaired) electrons. The van der Waals surface area contributed by atoms with E-state index in [0.29, 0.717) is 0 Å². The average molecular weight is 440 g/mol. The summed E-state index contributed by atoms with van der Waals surface area (Å²) in [4.78, 5) is 12.5. The van der Waals surface area contributed by atoms with Crippen molar-refractivity contribution in [3.8, 4) is 0 Å². The summed E-state index contributed by atoms with van der Waals surface area (Å²) >= 11 is 0. The molecule has 0 fully saturated rings. The van der Waals surface area contributed by atoms with Crippen LogP contribution in [0.4, 0.5) is 4.39 Å². The van der Waals surface area contributed by atoms with E-state index >= 15 is 0 Å². The Balaban J connectivity index is 1.78. The SMILES string of the molecule is Cc1ccc(S(=O)(=O)N(CC(=O)N/N=C\c2ccccc2F)Cc2ccccc2)cc1. The third-order valence-corrected chi connectivity index (χ3v) is 6.28. The van der Waals surface area contributed by atoms with Gasteiger partial charge in [-0.05, 0) is 30.7 Å². The van der Waals surface area contributed by atoms with Crippen LogP contribution in [0.15, 0.2) is 88.9 Å². The Kier molecular flexibility index (Phi) is 7.28. The molecule has 0 aliphatic rings. The molecule has 3 aromatic carbocycles. The second-order valence-electron chi connectivity index (χ2n) is 6.89. The van der Waals surface area contributed by atoms with Crippen LogP contribution in [0, 0.1) is 12.7 Å². The van der Waals surface area contributed by atoms with Crippen LogP contribution in [0.1, 0.15) is 16.7 Å². The molecule has 160 valence electrons. The molecule has 3 aromatic rings. The number of halogens is 1. The summed E-state index contributed by atoms with van der Waals surface area (Å²) in [6.45, 7) is 1.43. The third kappa shape index (κ3) is 6.07. The molecule has 3 rings (SSSR count). The van der Waals surface area contributed by atoms with E-state index in [-0.39, 0.29) is 17.0 Å². The number of aryl methyl sites for hydroxylation is 1. The Bertz CT molecular complexity index is 1160. The maximum absolute atomic E-state index is 13.6. The number of carbonyl (C=O) groups is 1. The highest BCUT2D eigenvalue weighted by atomic mass is 32.2. The Morgan fingerprint density at radius 2 is 1.65 bits per heavy atom. The van der Waals surface area contributed by atoms with Gasteiger partial charge >= 0.3 is 0 Å². The van der Waals surface area contributed by atoms with E-state index in [4.69, 9.17) is 0 Å². The Morgan fingerprint density at radius 1 is 1.00 bits per heavy atom. The first-order valence-corrected chi connectivity index (χ1v) is 11.0. The molecule has 6 nitrogen and oxygen atoms in total. The van der Waals surface area contributed by atoms with E-state index in [1.54, 1.807) is 48.5 Å². The minimum absolute atomic E-state index is 0.0154. The van der Waals surface area contributed by atoms with Crippen molar-refractivity contribution < 1.29 is 17.6 Å². The van der Waals surface area contributed by atoms with E-state index in [0.717, 1.165) is 15.4 Å². The summed E-state index contributed by atoms with van der Waals surface area (Å²) in [6, 6.07) is 21.4. The van der Waals surface area contributed by atoms with Crippen molar-refractivity contribution in [1.29, 1.82) is 0 Å². The van der Waals surface area contributed by atoms with Gasteiger partial charge in [0.15, 0.2) is 0 Å². The minimum Gasteiger partial charge on any atom is -0.272 e. The molecule has 8 heteroatoms. The largest absolute Gasteiger partial charge is 0.272 e. The monoisotopic (exact) mass is 439 g/mol. The molecule has 0 saturated carbocycles. The average Bonchev–Trinajstić information content (AvgIpc) is 2.76. The predicted molar refractivity (Wildman–Crippen MR) is 117 cm³/mol. The molecule has 31 heavy (non-hydrogen) atoms. The van der Waals surface area contributed by atoms with Gasteiger partial charge in [-0.2, -0.15) is 9.41 Å². The number of rotatable bonds is 8. The lowest BCUT2D eigenvalue weighted by Crippen LogP contribution is -2.39. The molecule has 0 atom stereocenters. The van der Waals surface area contributed by atoms with Crippen molar-refractivity contribution in [3.63, 3.8) is 0 Å². The molecule has 1 N–H and O–H groups in total. The van der Waals surface area contributed by atoms with Gasteiger partial charge < -0.3 is 0 Å². The first-order valence-electron chi connectivity index (χ1n) is 9.53. The van der Waals surface area contributed by atoms with E-state index in [1.165, 1.54) is 30.5 Å². The first kappa shape index (κ1) is 22.3. The Labute approximate surface area is 181 Å². The molecule has 0 aliphatic carbocycles. The van der Waals surface area contributed by atoms with Gasteiger partial charge in [-0.15, -0.1) is 0 Å². The summed E-state index contributed by atoms with van der Waals surface area (Å²) in [5, 5.41) is 3.74. The zero-order valence-electron chi connectivity index (χ0n) is 16.9. The van der Waals surface area contributed by atoms with Crippen molar-refractivity contribution in [2.75, 3.05) is 6.54 Å². The maximum atomic E-state index is 13.6. The van der Waals surface area contributed by atoms with Gasteiger partial charge in [-0.1, -0.05) is 66.2 Å². The fourth-order valence-corrected chi connectivity index (χ4v) is 4.21. The number of amides is 1. The topological polar surface area (TPSA) is 78.8 Å². The smallest absolute Gasteiger partial charge is 0.255 e. The van der Waals surface area contributed by atoms with Crippen LogP contribution in [0.2, 0.25) is 0 Å². The van der Waals surface area contributed by atoms with Gasteiger partial charge in [0.25, 0.3) is 5.91 Å². The zero-order chi connectivity index (χ0) is 22.3. The van der Waals surface area contributed by atoms with Gasteiger partial charge in [-0.3, -0.25) is 4.79 Å². The molecule has 0 aromatic heterocycles. The number of carbonyl (C=O) groups excluding carboxylic acids is 1. The van der Waals surface area contributed by atoms with Crippen LogP contribution in [0.25, 0.3) is 0 Å². The van der Waals surface area contributed by atoms with Crippen LogP contribution < -0.4 is 5.43 Å². The molecule has 0 unspecified atom stereocenters. The lowest BCUT2D eigenvalue weighted by atomic mass is 10.2. The summed E-state index contributed by atoms with van der Waals surface area (Å²) in [7, 11) is -3.93. The van der Waals surface area contributed by atoms with Gasteiger partial charge in [0, 0.05) is 12.1 Å². The highest BCUT2D eigenvalue weighted by Crippen LogP contribution is 2.19. The normalized spacial score (nSPS) is 11.7. The molecule has 0 aliphatic heterocycles. The van der Waals surface area contributed by atoms with Gasteiger partial charge in [0.05, 0.1) is 17.7 Å². The van der Waals surface area contributed by atoms with Gasteiger partial charge in [0.1, 0.15) is 5.82 Å². The van der Waals surface area contributed by atoms with Crippen LogP contribution in [0.3, 0.4) is 0 Å². The summed E-state index contributed by atoms with van der Waals surface area (Å²) in [6.07, 6.45) is 1.17. The number of benzene rings is 3. The lowest BCUT2D eigenvalue weighted by Gasteiger charge is -2.21. The highest BCUT2D eigenvalue weighted by Gasteiger charge is 2.26. The van der Waals surface area contributed by atoms with Crippen LogP contribution >= 0.6 is 0 Å². The molecule has 0 heterocycles. The summed E-state index contributed by atoms with van der Waals surface area (Å²) < 4.78 is 41.1. The number of sulfonamides is 1. The summed E-state index contributed by atoms with van der Waals surface area (Å²) in [5.74, 6) is -1.12. The number of nitrogens with one attached hydrogen (secondary N) is 1. The Morgan fingerprint density at radius 3 is 2.32 bits per heavy atom. The quantitative estimate of drug-likeness (QED) is 0.431. The zero-order valence-corrected chi connectivity index (χ0v) is 17.7. The van der Waals surface area contributed by atoms with Gasteiger partial charge in [-0.25, -0.2) is 18.2 Å².